The molecule has 1 amide bonds. The Morgan fingerprint density at radius 1 is 1.53 bits per heavy atom. The van der Waals surface area contributed by atoms with Crippen LogP contribution in [0.4, 0.5) is 0 Å². The molecule has 2 unspecified atom stereocenters. The number of carbonyl (C=O) groups excluding carboxylic acids is 1. The molecule has 3 nitrogen and oxygen atoms in total. The molecule has 1 saturated heterocycles. The van der Waals surface area contributed by atoms with Crippen molar-refractivity contribution >= 4 is 40.9 Å². The predicted octanol–water partition coefficient (Wildman–Crippen LogP) is 2.51. The average Bonchev–Trinajstić information content (AvgIpc) is 2.32. The average molecular weight is 395 g/mol. The standard InChI is InChI=1S/C14H19IN2O.ClH/c1-10-13(6-3-7-16-10)17-14(18)9-11-4-2-5-12(15)8-11;/h2,4-5,8,10,13,16H,3,6-7,9H2,1H3,(H,17,18);1H. The van der Waals surface area contributed by atoms with Gasteiger partial charge in [-0.05, 0) is 66.6 Å². The van der Waals surface area contributed by atoms with Crippen molar-refractivity contribution in [1.29, 1.82) is 0 Å². The molecule has 2 rings (SSSR count). The van der Waals surface area contributed by atoms with Crippen molar-refractivity contribution in [1.82, 2.24) is 10.6 Å². The van der Waals surface area contributed by atoms with Gasteiger partial charge in [0, 0.05) is 15.7 Å². The number of benzene rings is 1. The van der Waals surface area contributed by atoms with Gasteiger partial charge in [-0.3, -0.25) is 4.79 Å². The van der Waals surface area contributed by atoms with Crippen molar-refractivity contribution in [3.63, 3.8) is 0 Å². The fraction of sp³-hybridized carbons (Fsp3) is 0.500. The van der Waals surface area contributed by atoms with Crippen molar-refractivity contribution < 1.29 is 4.79 Å². The minimum Gasteiger partial charge on any atom is -0.352 e. The Labute approximate surface area is 134 Å². The molecule has 1 heterocycles. The second kappa shape index (κ2) is 8.07. The summed E-state index contributed by atoms with van der Waals surface area (Å²) >= 11 is 2.27. The highest BCUT2D eigenvalue weighted by molar-refractivity contribution is 14.1. The third-order valence-electron chi connectivity index (χ3n) is 3.36. The number of halogens is 2. The third-order valence-corrected chi connectivity index (χ3v) is 4.03. The van der Waals surface area contributed by atoms with Gasteiger partial charge in [-0.1, -0.05) is 12.1 Å². The monoisotopic (exact) mass is 394 g/mol. The lowest BCUT2D eigenvalue weighted by atomic mass is 9.99. The SMILES string of the molecule is CC1NCCCC1NC(=O)Cc1cccc(I)c1.Cl. The van der Waals surface area contributed by atoms with Crippen molar-refractivity contribution in [2.75, 3.05) is 6.54 Å². The molecule has 0 aromatic heterocycles. The Hall–Kier alpha value is -0.330. The lowest BCUT2D eigenvalue weighted by molar-refractivity contribution is -0.121. The number of hydrogen-bond donors (Lipinski definition) is 2. The third kappa shape index (κ3) is 5.28. The summed E-state index contributed by atoms with van der Waals surface area (Å²) in [4.78, 5) is 12.0. The zero-order valence-electron chi connectivity index (χ0n) is 11.0. The van der Waals surface area contributed by atoms with E-state index >= 15 is 0 Å². The van der Waals surface area contributed by atoms with Crippen molar-refractivity contribution in [3.8, 4) is 0 Å². The van der Waals surface area contributed by atoms with Crippen LogP contribution in [0, 0.1) is 3.57 Å². The van der Waals surface area contributed by atoms with Crippen LogP contribution >= 0.6 is 35.0 Å². The van der Waals surface area contributed by atoms with Crippen LogP contribution in [0.1, 0.15) is 25.3 Å². The maximum absolute atomic E-state index is 12.0. The zero-order chi connectivity index (χ0) is 13.0. The summed E-state index contributed by atoms with van der Waals surface area (Å²) in [5.74, 6) is 0.123. The largest absolute Gasteiger partial charge is 0.352 e. The van der Waals surface area contributed by atoms with Gasteiger partial charge < -0.3 is 10.6 Å². The highest BCUT2D eigenvalue weighted by atomic mass is 127. The highest BCUT2D eigenvalue weighted by Crippen LogP contribution is 2.10. The van der Waals surface area contributed by atoms with Crippen LogP contribution in [0.5, 0.6) is 0 Å². The first kappa shape index (κ1) is 16.7. The molecule has 19 heavy (non-hydrogen) atoms. The van der Waals surface area contributed by atoms with Crippen LogP contribution < -0.4 is 10.6 Å². The van der Waals surface area contributed by atoms with Crippen LogP contribution in [-0.2, 0) is 11.2 Å². The van der Waals surface area contributed by atoms with Crippen LogP contribution in [0.3, 0.4) is 0 Å². The van der Waals surface area contributed by atoms with E-state index in [4.69, 9.17) is 0 Å². The van der Waals surface area contributed by atoms with Crippen LogP contribution in [0.2, 0.25) is 0 Å². The summed E-state index contributed by atoms with van der Waals surface area (Å²) in [7, 11) is 0. The molecule has 1 aliphatic heterocycles. The molecule has 1 aliphatic rings. The summed E-state index contributed by atoms with van der Waals surface area (Å²) < 4.78 is 1.17. The zero-order valence-corrected chi connectivity index (χ0v) is 14.0. The van der Waals surface area contributed by atoms with Gasteiger partial charge in [0.15, 0.2) is 0 Å². The molecule has 0 aliphatic carbocycles. The van der Waals surface area contributed by atoms with Gasteiger partial charge in [-0.2, -0.15) is 0 Å². The molecule has 5 heteroatoms. The van der Waals surface area contributed by atoms with Gasteiger partial charge in [0.05, 0.1) is 6.42 Å². The smallest absolute Gasteiger partial charge is 0.224 e. The van der Waals surface area contributed by atoms with Gasteiger partial charge in [-0.25, -0.2) is 0 Å². The molecule has 2 N–H and O–H groups in total. The van der Waals surface area contributed by atoms with E-state index in [9.17, 15) is 4.79 Å². The Morgan fingerprint density at radius 3 is 3.00 bits per heavy atom. The number of rotatable bonds is 3. The van der Waals surface area contributed by atoms with Crippen molar-refractivity contribution in [2.45, 2.75) is 38.3 Å². The minimum absolute atomic E-state index is 0. The van der Waals surface area contributed by atoms with Crippen LogP contribution in [0.15, 0.2) is 24.3 Å². The summed E-state index contributed by atoms with van der Waals surface area (Å²) in [6.45, 7) is 3.19. The molecule has 0 saturated carbocycles. The maximum atomic E-state index is 12.0. The fourth-order valence-electron chi connectivity index (χ4n) is 2.33. The lowest BCUT2D eigenvalue weighted by Gasteiger charge is -2.30. The van der Waals surface area contributed by atoms with E-state index in [0.29, 0.717) is 12.5 Å². The maximum Gasteiger partial charge on any atom is 0.224 e. The van der Waals surface area contributed by atoms with E-state index in [-0.39, 0.29) is 24.4 Å². The van der Waals surface area contributed by atoms with E-state index in [1.165, 1.54) is 3.57 Å². The normalized spacial score (nSPS) is 22.4. The summed E-state index contributed by atoms with van der Waals surface area (Å²) in [6, 6.07) is 8.74. The van der Waals surface area contributed by atoms with E-state index < -0.39 is 0 Å². The number of hydrogen-bond acceptors (Lipinski definition) is 2. The van der Waals surface area contributed by atoms with Gasteiger partial charge in [0.1, 0.15) is 0 Å². The molecule has 1 aromatic carbocycles. The molecule has 0 spiro atoms. The topological polar surface area (TPSA) is 41.1 Å². The van der Waals surface area contributed by atoms with Crippen molar-refractivity contribution in [2.24, 2.45) is 0 Å². The Balaban J connectivity index is 0.00000180. The molecule has 2 atom stereocenters. The fourth-order valence-corrected chi connectivity index (χ4v) is 2.94. The first-order valence-electron chi connectivity index (χ1n) is 6.42. The van der Waals surface area contributed by atoms with Crippen LogP contribution in [-0.4, -0.2) is 24.5 Å². The molecule has 0 radical (unpaired) electrons. The van der Waals surface area contributed by atoms with Gasteiger partial charge in [0.2, 0.25) is 5.91 Å². The number of amides is 1. The Morgan fingerprint density at radius 2 is 2.32 bits per heavy atom. The number of carbonyl (C=O) groups is 1. The summed E-state index contributed by atoms with van der Waals surface area (Å²) in [6.07, 6.45) is 2.69. The molecule has 106 valence electrons. The molecule has 0 bridgehead atoms. The molecular weight excluding hydrogens is 375 g/mol. The second-order valence-electron chi connectivity index (χ2n) is 4.87. The van der Waals surface area contributed by atoms with Gasteiger partial charge in [0.25, 0.3) is 0 Å². The summed E-state index contributed by atoms with van der Waals surface area (Å²) in [5.41, 5.74) is 1.08. The number of nitrogens with one attached hydrogen (secondary N) is 2. The van der Waals surface area contributed by atoms with E-state index in [0.717, 1.165) is 24.9 Å². The lowest BCUT2D eigenvalue weighted by Crippen LogP contribution is -2.52. The van der Waals surface area contributed by atoms with E-state index in [1.807, 2.05) is 18.2 Å². The van der Waals surface area contributed by atoms with Crippen molar-refractivity contribution in [3.05, 3.63) is 33.4 Å². The number of piperidine rings is 1. The molecule has 1 fully saturated rings. The predicted molar refractivity (Wildman–Crippen MR) is 88.7 cm³/mol. The first-order valence-corrected chi connectivity index (χ1v) is 7.50. The second-order valence-corrected chi connectivity index (χ2v) is 6.11. The Kier molecular flexibility index (Phi) is 7.10. The van der Waals surface area contributed by atoms with E-state index in [2.05, 4.69) is 46.2 Å². The minimum atomic E-state index is 0. The highest BCUT2D eigenvalue weighted by Gasteiger charge is 2.22. The van der Waals surface area contributed by atoms with Gasteiger partial charge >= 0.3 is 0 Å². The van der Waals surface area contributed by atoms with E-state index in [1.54, 1.807) is 0 Å². The van der Waals surface area contributed by atoms with Gasteiger partial charge in [-0.15, -0.1) is 12.4 Å². The quantitative estimate of drug-likeness (QED) is 0.774. The van der Waals surface area contributed by atoms with Crippen LogP contribution in [0.25, 0.3) is 0 Å². The molecular formula is C14H20ClIN2O. The first-order chi connectivity index (χ1) is 8.65. The molecule has 1 aromatic rings. The summed E-state index contributed by atoms with van der Waals surface area (Å²) in [5, 5.41) is 6.53. The Bertz CT molecular complexity index is 428.